The van der Waals surface area contributed by atoms with E-state index in [1.807, 2.05) is 123 Å². The first-order valence-electron chi connectivity index (χ1n) is 16.5. The summed E-state index contributed by atoms with van der Waals surface area (Å²) in [6.45, 7) is 3.96. The fraction of sp³-hybridized carbons (Fsp3) is 0.0952. The van der Waals surface area contributed by atoms with E-state index in [9.17, 15) is 14.4 Å². The third-order valence-corrected chi connectivity index (χ3v) is 10.2. The van der Waals surface area contributed by atoms with Gasteiger partial charge in [0.15, 0.2) is 5.13 Å². The van der Waals surface area contributed by atoms with Gasteiger partial charge in [-0.1, -0.05) is 116 Å². The Kier molecular flexibility index (Phi) is 11.5. The quantitative estimate of drug-likeness (QED) is 0.0869. The number of aryl methyl sites for hydroxylation is 1. The van der Waals surface area contributed by atoms with Crippen molar-refractivity contribution >= 4 is 57.7 Å². The number of nitrogens with one attached hydrogen (secondary N) is 3. The molecule has 254 valence electrons. The molecule has 0 bridgehead atoms. The van der Waals surface area contributed by atoms with Crippen LogP contribution >= 0.6 is 23.1 Å². The molecule has 1 atom stereocenters. The van der Waals surface area contributed by atoms with Crippen LogP contribution in [0.1, 0.15) is 34.1 Å². The van der Waals surface area contributed by atoms with E-state index in [0.717, 1.165) is 37.7 Å². The zero-order valence-electron chi connectivity index (χ0n) is 28.1. The molecular weight excluding hydrogens is 673 g/mol. The molecule has 1 unspecified atom stereocenters. The summed E-state index contributed by atoms with van der Waals surface area (Å²) < 4.78 is 0. The van der Waals surface area contributed by atoms with E-state index in [1.54, 1.807) is 36.4 Å². The minimum Gasteiger partial charge on any atom is -0.321 e. The van der Waals surface area contributed by atoms with Gasteiger partial charge < -0.3 is 16.0 Å². The van der Waals surface area contributed by atoms with Crippen molar-refractivity contribution in [3.8, 4) is 22.4 Å². The van der Waals surface area contributed by atoms with Gasteiger partial charge in [0.25, 0.3) is 11.8 Å². The second-order valence-electron chi connectivity index (χ2n) is 11.6. The molecule has 7 nitrogen and oxygen atoms in total. The number of aromatic nitrogens is 1. The van der Waals surface area contributed by atoms with E-state index in [0.29, 0.717) is 22.8 Å². The molecule has 1 aromatic heterocycles. The summed E-state index contributed by atoms with van der Waals surface area (Å²) in [7, 11) is 0. The molecule has 0 saturated heterocycles. The highest BCUT2D eigenvalue weighted by Gasteiger charge is 2.21. The van der Waals surface area contributed by atoms with Gasteiger partial charge in [0.2, 0.25) is 5.91 Å². The minimum absolute atomic E-state index is 0.0915. The molecule has 51 heavy (non-hydrogen) atoms. The largest absolute Gasteiger partial charge is 0.321 e. The van der Waals surface area contributed by atoms with Crippen LogP contribution in [0.15, 0.2) is 150 Å². The predicted octanol–water partition coefficient (Wildman–Crippen LogP) is 9.70. The monoisotopic (exact) mass is 708 g/mol. The Balaban J connectivity index is 1.16. The molecule has 3 N–H and O–H groups in total. The maximum Gasteiger partial charge on any atom is 0.272 e. The number of carbonyl (C=O) groups excluding carboxylic acids is 3. The van der Waals surface area contributed by atoms with E-state index in [1.165, 1.54) is 23.1 Å². The van der Waals surface area contributed by atoms with Crippen LogP contribution in [0.2, 0.25) is 0 Å². The normalized spacial score (nSPS) is 11.8. The Morgan fingerprint density at radius 2 is 1.37 bits per heavy atom. The third kappa shape index (κ3) is 9.27. The molecule has 9 heteroatoms. The molecule has 6 rings (SSSR count). The Bertz CT molecular complexity index is 2150. The van der Waals surface area contributed by atoms with E-state index in [4.69, 9.17) is 0 Å². The van der Waals surface area contributed by atoms with E-state index >= 15 is 0 Å². The lowest BCUT2D eigenvalue weighted by Gasteiger charge is -2.15. The number of rotatable bonds is 12. The highest BCUT2D eigenvalue weighted by atomic mass is 32.2. The number of hydrogen-bond donors (Lipinski definition) is 3. The number of benzene rings is 5. The fourth-order valence-corrected chi connectivity index (χ4v) is 7.20. The summed E-state index contributed by atoms with van der Waals surface area (Å²) >= 11 is 2.86. The van der Waals surface area contributed by atoms with Crippen LogP contribution in [0, 0.1) is 6.92 Å². The molecule has 0 saturated carbocycles. The van der Waals surface area contributed by atoms with Crippen LogP contribution in [0.3, 0.4) is 0 Å². The molecule has 0 spiro atoms. The lowest BCUT2D eigenvalue weighted by Crippen LogP contribution is -2.30. The van der Waals surface area contributed by atoms with E-state index in [-0.39, 0.29) is 16.9 Å². The Morgan fingerprint density at radius 1 is 0.745 bits per heavy atom. The van der Waals surface area contributed by atoms with Gasteiger partial charge in [0.05, 0.1) is 10.9 Å². The summed E-state index contributed by atoms with van der Waals surface area (Å²) in [5, 5.41) is 8.92. The van der Waals surface area contributed by atoms with Crippen molar-refractivity contribution in [2.45, 2.75) is 30.4 Å². The summed E-state index contributed by atoms with van der Waals surface area (Å²) in [6.07, 6.45) is 2.25. The van der Waals surface area contributed by atoms with Gasteiger partial charge >= 0.3 is 0 Å². The van der Waals surface area contributed by atoms with Crippen molar-refractivity contribution in [3.63, 3.8) is 0 Å². The Morgan fingerprint density at radius 3 is 2.04 bits per heavy atom. The lowest BCUT2D eigenvalue weighted by atomic mass is 10.0. The smallest absolute Gasteiger partial charge is 0.272 e. The fourth-order valence-electron chi connectivity index (χ4n) is 5.34. The van der Waals surface area contributed by atoms with Crippen molar-refractivity contribution in [2.24, 2.45) is 0 Å². The standard InChI is InChI=1S/C42H36N4O3S2/c1-3-37(41(49)46-42-45-38(28(2)50-42)32-16-9-5-10-17-32)51-35-21-13-20-34(27-35)43-40(48)36(44-39(47)33-18-11-6-12-19-33)26-29-22-24-31(25-23-29)30-14-7-4-8-15-30/h4-27,37H,3H2,1-2H3,(H,43,48)(H,44,47)(H,45,46,49)/b36-26+. The summed E-state index contributed by atoms with van der Waals surface area (Å²) in [6, 6.07) is 43.8. The number of nitrogens with zero attached hydrogens (tertiary/aromatic N) is 1. The Labute approximate surface area is 305 Å². The van der Waals surface area contributed by atoms with E-state index < -0.39 is 11.8 Å². The molecule has 0 aliphatic heterocycles. The van der Waals surface area contributed by atoms with E-state index in [2.05, 4.69) is 20.9 Å². The molecule has 1 heterocycles. The number of carbonyl (C=O) groups is 3. The van der Waals surface area contributed by atoms with Gasteiger partial charge in [-0.2, -0.15) is 0 Å². The van der Waals surface area contributed by atoms with Gasteiger partial charge in [0, 0.05) is 26.6 Å². The lowest BCUT2D eigenvalue weighted by molar-refractivity contribution is -0.116. The first-order chi connectivity index (χ1) is 24.9. The first-order valence-corrected chi connectivity index (χ1v) is 18.2. The molecule has 0 aliphatic carbocycles. The molecule has 0 aliphatic rings. The SMILES string of the molecule is CCC(Sc1cccc(NC(=O)/C(=C\c2ccc(-c3ccccc3)cc2)NC(=O)c2ccccc2)c1)C(=O)Nc1nc(-c2ccccc2)c(C)s1. The average molecular weight is 709 g/mol. The molecule has 5 aromatic carbocycles. The second-order valence-corrected chi connectivity index (χ2v) is 14.1. The molecule has 0 radical (unpaired) electrons. The third-order valence-electron chi connectivity index (χ3n) is 7.97. The van der Waals surface area contributed by atoms with Gasteiger partial charge in [-0.05, 0) is 66.4 Å². The highest BCUT2D eigenvalue weighted by molar-refractivity contribution is 8.00. The summed E-state index contributed by atoms with van der Waals surface area (Å²) in [5.41, 5.74) is 5.79. The van der Waals surface area contributed by atoms with Gasteiger partial charge in [0.1, 0.15) is 5.70 Å². The van der Waals surface area contributed by atoms with Crippen LogP contribution in [0.4, 0.5) is 10.8 Å². The molecular formula is C42H36N4O3S2. The topological polar surface area (TPSA) is 100 Å². The maximum atomic E-state index is 13.7. The van der Waals surface area contributed by atoms with Crippen LogP contribution in [-0.4, -0.2) is 28.0 Å². The Hall–Kier alpha value is -5.77. The zero-order chi connectivity index (χ0) is 35.6. The van der Waals surface area contributed by atoms with Gasteiger partial charge in [-0.25, -0.2) is 4.98 Å². The highest BCUT2D eigenvalue weighted by Crippen LogP contribution is 2.32. The van der Waals surface area contributed by atoms with Crippen LogP contribution in [0.5, 0.6) is 0 Å². The predicted molar refractivity (Wildman–Crippen MR) is 210 cm³/mol. The number of thioether (sulfide) groups is 1. The molecule has 0 fully saturated rings. The minimum atomic E-state index is -0.480. The first kappa shape index (κ1) is 35.1. The number of hydrogen-bond acceptors (Lipinski definition) is 6. The molecule has 3 amide bonds. The summed E-state index contributed by atoms with van der Waals surface area (Å²) in [4.78, 5) is 46.8. The second kappa shape index (κ2) is 16.8. The van der Waals surface area contributed by atoms with Crippen molar-refractivity contribution in [1.29, 1.82) is 0 Å². The maximum absolute atomic E-state index is 13.7. The van der Waals surface area contributed by atoms with Crippen molar-refractivity contribution < 1.29 is 14.4 Å². The average Bonchev–Trinajstić information content (AvgIpc) is 3.54. The van der Waals surface area contributed by atoms with Crippen molar-refractivity contribution in [2.75, 3.05) is 10.6 Å². The summed E-state index contributed by atoms with van der Waals surface area (Å²) in [5.74, 6) is -1.02. The van der Waals surface area contributed by atoms with Crippen LogP contribution in [0.25, 0.3) is 28.5 Å². The number of amides is 3. The van der Waals surface area contributed by atoms with Crippen LogP contribution in [-0.2, 0) is 9.59 Å². The number of thiazole rings is 1. The van der Waals surface area contributed by atoms with Crippen molar-refractivity contribution in [3.05, 3.63) is 161 Å². The van der Waals surface area contributed by atoms with Crippen LogP contribution < -0.4 is 16.0 Å². The zero-order valence-corrected chi connectivity index (χ0v) is 29.8. The van der Waals surface area contributed by atoms with Crippen molar-refractivity contribution in [1.82, 2.24) is 10.3 Å². The number of anilines is 2. The molecule has 6 aromatic rings. The van der Waals surface area contributed by atoms with Gasteiger partial charge in [-0.3, -0.25) is 14.4 Å². The van der Waals surface area contributed by atoms with Gasteiger partial charge in [-0.15, -0.1) is 23.1 Å².